The first-order valence-corrected chi connectivity index (χ1v) is 7.25. The maximum atomic E-state index is 9.96. The van der Waals surface area contributed by atoms with Crippen molar-refractivity contribution in [1.82, 2.24) is 4.98 Å². The molecular weight excluding hydrogens is 242 g/mol. The van der Waals surface area contributed by atoms with E-state index in [1.807, 2.05) is 18.4 Å². The molecular formula is C15H19NOS. The number of nitrogens with zero attached hydrogens (tertiary/aromatic N) is 1. The average Bonchev–Trinajstić information content (AvgIpc) is 2.76. The van der Waals surface area contributed by atoms with Crippen molar-refractivity contribution in [3.63, 3.8) is 0 Å². The number of hydrogen-bond acceptors (Lipinski definition) is 3. The van der Waals surface area contributed by atoms with Crippen molar-refractivity contribution in [3.05, 3.63) is 52.0 Å². The first-order valence-electron chi connectivity index (χ1n) is 6.37. The topological polar surface area (TPSA) is 33.1 Å². The van der Waals surface area contributed by atoms with E-state index in [0.29, 0.717) is 6.42 Å². The minimum Gasteiger partial charge on any atom is -0.393 e. The molecule has 1 aromatic carbocycles. The molecule has 1 heterocycles. The Bertz CT molecular complexity index is 466. The molecule has 1 N–H and O–H groups in total. The summed E-state index contributed by atoms with van der Waals surface area (Å²) in [7, 11) is 0. The first-order chi connectivity index (χ1) is 8.74. The Balaban J connectivity index is 1.70. The van der Waals surface area contributed by atoms with Crippen LogP contribution in [0.25, 0.3) is 0 Å². The largest absolute Gasteiger partial charge is 0.393 e. The Hall–Kier alpha value is -1.19. The number of aliphatic hydroxyl groups is 1. The molecule has 96 valence electrons. The minimum atomic E-state index is -0.265. The van der Waals surface area contributed by atoms with Gasteiger partial charge in [0.2, 0.25) is 0 Å². The van der Waals surface area contributed by atoms with Crippen LogP contribution in [0.2, 0.25) is 0 Å². The van der Waals surface area contributed by atoms with Crippen LogP contribution in [0.1, 0.15) is 29.1 Å². The molecule has 2 nitrogen and oxygen atoms in total. The Morgan fingerprint density at radius 3 is 2.72 bits per heavy atom. The predicted molar refractivity (Wildman–Crippen MR) is 75.9 cm³/mol. The molecule has 0 aliphatic carbocycles. The number of benzene rings is 1. The monoisotopic (exact) mass is 261 g/mol. The van der Waals surface area contributed by atoms with Crippen LogP contribution in [0.3, 0.4) is 0 Å². The van der Waals surface area contributed by atoms with Gasteiger partial charge in [0.15, 0.2) is 0 Å². The molecule has 2 rings (SSSR count). The molecule has 0 saturated heterocycles. The highest BCUT2D eigenvalue weighted by Gasteiger charge is 2.08. The van der Waals surface area contributed by atoms with Crippen molar-refractivity contribution >= 4 is 11.3 Å². The number of aryl methyl sites for hydroxylation is 2. The van der Waals surface area contributed by atoms with Crippen molar-refractivity contribution in [2.24, 2.45) is 0 Å². The molecule has 1 aromatic heterocycles. The molecule has 0 amide bonds. The van der Waals surface area contributed by atoms with Crippen LogP contribution in [0.5, 0.6) is 0 Å². The van der Waals surface area contributed by atoms with E-state index in [-0.39, 0.29) is 6.10 Å². The maximum Gasteiger partial charge on any atom is 0.0953 e. The highest BCUT2D eigenvalue weighted by Crippen LogP contribution is 2.14. The fraction of sp³-hybridized carbons (Fsp3) is 0.400. The molecule has 0 radical (unpaired) electrons. The fourth-order valence-corrected chi connectivity index (χ4v) is 2.83. The van der Waals surface area contributed by atoms with E-state index in [1.54, 1.807) is 11.3 Å². The molecule has 3 heteroatoms. The summed E-state index contributed by atoms with van der Waals surface area (Å²) in [6.07, 6.45) is 3.32. The van der Waals surface area contributed by atoms with Gasteiger partial charge in [-0.05, 0) is 31.7 Å². The highest BCUT2D eigenvalue weighted by molar-refractivity contribution is 7.09. The third kappa shape index (κ3) is 4.24. The summed E-state index contributed by atoms with van der Waals surface area (Å²) in [5.74, 6) is 0. The van der Waals surface area contributed by atoms with E-state index in [2.05, 4.69) is 29.2 Å². The zero-order chi connectivity index (χ0) is 12.8. The van der Waals surface area contributed by atoms with Gasteiger partial charge in [0, 0.05) is 17.5 Å². The minimum absolute atomic E-state index is 0.265. The smallest absolute Gasteiger partial charge is 0.0953 e. The lowest BCUT2D eigenvalue weighted by Crippen LogP contribution is -2.10. The van der Waals surface area contributed by atoms with E-state index in [9.17, 15) is 5.11 Å². The van der Waals surface area contributed by atoms with Gasteiger partial charge in [-0.25, -0.2) is 4.98 Å². The summed E-state index contributed by atoms with van der Waals surface area (Å²) in [4.78, 5) is 4.38. The van der Waals surface area contributed by atoms with Gasteiger partial charge in [-0.2, -0.15) is 0 Å². The summed E-state index contributed by atoms with van der Waals surface area (Å²) in [5, 5.41) is 13.0. The summed E-state index contributed by atoms with van der Waals surface area (Å²) < 4.78 is 0. The van der Waals surface area contributed by atoms with E-state index in [1.165, 1.54) is 5.56 Å². The standard InChI is InChI=1S/C15H19NOS/c1-12-11-18-15(16-12)10-14(17)9-5-8-13-6-3-2-4-7-13/h2-4,6-7,11,14,17H,5,8-10H2,1H3. The van der Waals surface area contributed by atoms with Crippen LogP contribution < -0.4 is 0 Å². The summed E-state index contributed by atoms with van der Waals surface area (Å²) in [5.41, 5.74) is 2.39. The Labute approximate surface area is 112 Å². The molecule has 0 aliphatic heterocycles. The van der Waals surface area contributed by atoms with Crippen LogP contribution in [-0.2, 0) is 12.8 Å². The summed E-state index contributed by atoms with van der Waals surface area (Å²) in [6.45, 7) is 1.99. The molecule has 0 aliphatic rings. The van der Waals surface area contributed by atoms with Gasteiger partial charge in [0.25, 0.3) is 0 Å². The normalized spacial score (nSPS) is 12.6. The van der Waals surface area contributed by atoms with Crippen LogP contribution in [0.4, 0.5) is 0 Å². The molecule has 1 atom stereocenters. The second-order valence-corrected chi connectivity index (χ2v) is 5.56. The van der Waals surface area contributed by atoms with Gasteiger partial charge in [-0.3, -0.25) is 0 Å². The van der Waals surface area contributed by atoms with Crippen molar-refractivity contribution in [1.29, 1.82) is 0 Å². The van der Waals surface area contributed by atoms with Gasteiger partial charge in [0.1, 0.15) is 0 Å². The highest BCUT2D eigenvalue weighted by atomic mass is 32.1. The van der Waals surface area contributed by atoms with Gasteiger partial charge in [-0.1, -0.05) is 30.3 Å². The number of aromatic nitrogens is 1. The molecule has 1 unspecified atom stereocenters. The second-order valence-electron chi connectivity index (χ2n) is 4.62. The number of rotatable bonds is 6. The van der Waals surface area contributed by atoms with Crippen LogP contribution >= 0.6 is 11.3 Å². The lowest BCUT2D eigenvalue weighted by molar-refractivity contribution is 0.162. The second kappa shape index (κ2) is 6.66. The van der Waals surface area contributed by atoms with Gasteiger partial charge >= 0.3 is 0 Å². The zero-order valence-electron chi connectivity index (χ0n) is 10.7. The van der Waals surface area contributed by atoms with Crippen molar-refractivity contribution in [3.8, 4) is 0 Å². The molecule has 0 bridgehead atoms. The Morgan fingerprint density at radius 2 is 2.06 bits per heavy atom. The van der Waals surface area contributed by atoms with E-state index < -0.39 is 0 Å². The summed E-state index contributed by atoms with van der Waals surface area (Å²) >= 11 is 1.64. The van der Waals surface area contributed by atoms with Crippen LogP contribution in [-0.4, -0.2) is 16.2 Å². The van der Waals surface area contributed by atoms with Crippen LogP contribution in [0.15, 0.2) is 35.7 Å². The van der Waals surface area contributed by atoms with Crippen molar-refractivity contribution < 1.29 is 5.11 Å². The SMILES string of the molecule is Cc1csc(CC(O)CCCc2ccccc2)n1. The van der Waals surface area contributed by atoms with Crippen LogP contribution in [0, 0.1) is 6.92 Å². The van der Waals surface area contributed by atoms with Crippen molar-refractivity contribution in [2.45, 2.75) is 38.7 Å². The predicted octanol–water partition coefficient (Wildman–Crippen LogP) is 3.38. The van der Waals surface area contributed by atoms with Gasteiger partial charge < -0.3 is 5.11 Å². The zero-order valence-corrected chi connectivity index (χ0v) is 11.5. The van der Waals surface area contributed by atoms with Gasteiger partial charge in [-0.15, -0.1) is 11.3 Å². The molecule has 0 fully saturated rings. The van der Waals surface area contributed by atoms with E-state index in [0.717, 1.165) is 30.0 Å². The summed E-state index contributed by atoms with van der Waals surface area (Å²) in [6, 6.07) is 10.4. The third-order valence-corrected chi connectivity index (χ3v) is 3.91. The quantitative estimate of drug-likeness (QED) is 0.864. The first kappa shape index (κ1) is 13.2. The number of thiazole rings is 1. The Morgan fingerprint density at radius 1 is 1.28 bits per heavy atom. The fourth-order valence-electron chi connectivity index (χ4n) is 1.99. The third-order valence-electron chi connectivity index (χ3n) is 2.92. The Kier molecular flexibility index (Phi) is 4.90. The lowest BCUT2D eigenvalue weighted by atomic mass is 10.0. The van der Waals surface area contributed by atoms with Gasteiger partial charge in [0.05, 0.1) is 11.1 Å². The number of aliphatic hydroxyl groups excluding tert-OH is 1. The molecule has 18 heavy (non-hydrogen) atoms. The van der Waals surface area contributed by atoms with E-state index in [4.69, 9.17) is 0 Å². The molecule has 2 aromatic rings. The van der Waals surface area contributed by atoms with E-state index >= 15 is 0 Å². The maximum absolute atomic E-state index is 9.96. The lowest BCUT2D eigenvalue weighted by Gasteiger charge is -2.08. The average molecular weight is 261 g/mol. The molecule has 0 spiro atoms. The molecule has 0 saturated carbocycles. The number of hydrogen-bond donors (Lipinski definition) is 1. The van der Waals surface area contributed by atoms with Crippen molar-refractivity contribution in [2.75, 3.05) is 0 Å².